The molecular formula is C14H14O4. The van der Waals surface area contributed by atoms with Gasteiger partial charge >= 0.3 is 5.97 Å². The molecule has 0 fully saturated rings. The number of hydrogen-bond donors (Lipinski definition) is 0. The molecule has 1 aromatic carbocycles. The van der Waals surface area contributed by atoms with Crippen molar-refractivity contribution in [3.05, 3.63) is 47.7 Å². The highest BCUT2D eigenvalue weighted by Gasteiger charge is 2.43. The van der Waals surface area contributed by atoms with Crippen molar-refractivity contribution in [1.29, 1.82) is 0 Å². The molecule has 0 aliphatic carbocycles. The third-order valence-corrected chi connectivity index (χ3v) is 2.85. The Balaban J connectivity index is 2.25. The largest absolute Gasteiger partial charge is 0.467 e. The van der Waals surface area contributed by atoms with Crippen LogP contribution in [0.25, 0.3) is 0 Å². The molecule has 1 heterocycles. The van der Waals surface area contributed by atoms with Crippen LogP contribution in [-0.2, 0) is 24.7 Å². The Hall–Kier alpha value is -2.10. The minimum Gasteiger partial charge on any atom is -0.467 e. The maximum atomic E-state index is 12.0. The number of carbonyl (C=O) groups is 2. The Bertz CT molecular complexity index is 504. The molecule has 0 radical (unpaired) electrons. The third-order valence-electron chi connectivity index (χ3n) is 2.85. The molecule has 18 heavy (non-hydrogen) atoms. The van der Waals surface area contributed by atoms with Crippen LogP contribution in [0.15, 0.2) is 42.2 Å². The van der Waals surface area contributed by atoms with E-state index in [0.717, 1.165) is 0 Å². The Morgan fingerprint density at radius 1 is 1.33 bits per heavy atom. The van der Waals surface area contributed by atoms with Gasteiger partial charge in [-0.15, -0.1) is 0 Å². The van der Waals surface area contributed by atoms with Gasteiger partial charge in [-0.2, -0.15) is 0 Å². The van der Waals surface area contributed by atoms with Crippen LogP contribution in [0.1, 0.15) is 19.4 Å². The number of esters is 1. The van der Waals surface area contributed by atoms with Crippen LogP contribution in [0, 0.1) is 0 Å². The van der Waals surface area contributed by atoms with E-state index >= 15 is 0 Å². The van der Waals surface area contributed by atoms with Gasteiger partial charge in [0.05, 0.1) is 6.61 Å². The van der Waals surface area contributed by atoms with Crippen molar-refractivity contribution in [2.24, 2.45) is 0 Å². The first-order chi connectivity index (χ1) is 8.58. The van der Waals surface area contributed by atoms with Crippen molar-refractivity contribution in [3.8, 4) is 0 Å². The molecule has 1 atom stereocenters. The first kappa shape index (κ1) is 12.4. The molecule has 4 heteroatoms. The van der Waals surface area contributed by atoms with Crippen LogP contribution in [0.2, 0.25) is 0 Å². The number of ether oxygens (including phenoxy) is 2. The lowest BCUT2D eigenvalue weighted by atomic mass is 9.92. The van der Waals surface area contributed by atoms with Gasteiger partial charge in [-0.05, 0) is 13.8 Å². The van der Waals surface area contributed by atoms with Crippen molar-refractivity contribution in [3.63, 3.8) is 0 Å². The highest BCUT2D eigenvalue weighted by Crippen LogP contribution is 2.34. The lowest BCUT2D eigenvalue weighted by Crippen LogP contribution is -2.30. The first-order valence-corrected chi connectivity index (χ1v) is 5.75. The topological polar surface area (TPSA) is 52.6 Å². The number of rotatable bonds is 3. The molecule has 4 nitrogen and oxygen atoms in total. The van der Waals surface area contributed by atoms with Gasteiger partial charge in [0.1, 0.15) is 0 Å². The maximum absolute atomic E-state index is 12.0. The highest BCUT2D eigenvalue weighted by atomic mass is 16.6. The Labute approximate surface area is 105 Å². The molecular weight excluding hydrogens is 232 g/mol. The summed E-state index contributed by atoms with van der Waals surface area (Å²) in [6.07, 6.45) is 1.20. The second kappa shape index (κ2) is 4.64. The summed E-state index contributed by atoms with van der Waals surface area (Å²) in [5.74, 6) is -0.893. The van der Waals surface area contributed by atoms with E-state index in [4.69, 9.17) is 9.47 Å². The molecule has 1 aliphatic rings. The van der Waals surface area contributed by atoms with Gasteiger partial charge < -0.3 is 9.47 Å². The van der Waals surface area contributed by atoms with E-state index in [1.54, 1.807) is 26.0 Å². The zero-order valence-electron chi connectivity index (χ0n) is 10.3. The monoisotopic (exact) mass is 246 g/mol. The summed E-state index contributed by atoms with van der Waals surface area (Å²) < 4.78 is 10.3. The Morgan fingerprint density at radius 3 is 2.61 bits per heavy atom. The van der Waals surface area contributed by atoms with Gasteiger partial charge in [0.2, 0.25) is 11.5 Å². The zero-order valence-corrected chi connectivity index (χ0v) is 10.3. The SMILES string of the molecule is CCOC(=O)C1=CC(=O)C(C)(c2ccccc2)O1. The van der Waals surface area contributed by atoms with E-state index in [2.05, 4.69) is 0 Å². The lowest BCUT2D eigenvalue weighted by Gasteiger charge is -2.23. The minimum atomic E-state index is -1.14. The van der Waals surface area contributed by atoms with Crippen LogP contribution in [0.4, 0.5) is 0 Å². The quantitative estimate of drug-likeness (QED) is 0.765. The Kier molecular flexibility index (Phi) is 3.19. The molecule has 0 saturated carbocycles. The van der Waals surface area contributed by atoms with Crippen LogP contribution in [0.5, 0.6) is 0 Å². The average molecular weight is 246 g/mol. The smallest absolute Gasteiger partial charge is 0.373 e. The van der Waals surface area contributed by atoms with Crippen LogP contribution < -0.4 is 0 Å². The third kappa shape index (κ3) is 2.01. The van der Waals surface area contributed by atoms with Crippen molar-refractivity contribution in [2.75, 3.05) is 6.61 Å². The molecule has 1 aromatic rings. The number of carbonyl (C=O) groups excluding carboxylic acids is 2. The van der Waals surface area contributed by atoms with E-state index in [1.807, 2.05) is 18.2 Å². The van der Waals surface area contributed by atoms with Crippen molar-refractivity contribution >= 4 is 11.8 Å². The van der Waals surface area contributed by atoms with E-state index in [9.17, 15) is 9.59 Å². The predicted octanol–water partition coefficient (Wildman–Crippen LogP) is 1.95. The molecule has 0 spiro atoms. The summed E-state index contributed by atoms with van der Waals surface area (Å²) in [5, 5.41) is 0. The molecule has 2 rings (SSSR count). The molecule has 1 aliphatic heterocycles. The van der Waals surface area contributed by atoms with Crippen molar-refractivity contribution < 1.29 is 19.1 Å². The zero-order chi connectivity index (χ0) is 13.2. The summed E-state index contributed by atoms with van der Waals surface area (Å²) >= 11 is 0. The van der Waals surface area contributed by atoms with Crippen LogP contribution in [-0.4, -0.2) is 18.4 Å². The van der Waals surface area contributed by atoms with Gasteiger partial charge in [0.15, 0.2) is 5.60 Å². The minimum absolute atomic E-state index is 0.0341. The standard InChI is InChI=1S/C14H14O4/c1-3-17-13(16)11-9-12(15)14(2,18-11)10-7-5-4-6-8-10/h4-9H,3H2,1-2H3. The molecule has 94 valence electrons. The molecule has 0 aromatic heterocycles. The fraction of sp³-hybridized carbons (Fsp3) is 0.286. The highest BCUT2D eigenvalue weighted by molar-refractivity contribution is 6.06. The summed E-state index contributed by atoms with van der Waals surface area (Å²) in [4.78, 5) is 23.5. The maximum Gasteiger partial charge on any atom is 0.373 e. The van der Waals surface area contributed by atoms with Gasteiger partial charge in [-0.3, -0.25) is 4.79 Å². The van der Waals surface area contributed by atoms with Crippen LogP contribution in [0.3, 0.4) is 0 Å². The average Bonchev–Trinajstić information content (AvgIpc) is 2.69. The van der Waals surface area contributed by atoms with Gasteiger partial charge in [0, 0.05) is 11.6 Å². The second-order valence-corrected chi connectivity index (χ2v) is 4.09. The predicted molar refractivity (Wildman–Crippen MR) is 64.6 cm³/mol. The molecule has 0 amide bonds. The fourth-order valence-electron chi connectivity index (χ4n) is 1.82. The summed E-state index contributed by atoms with van der Waals surface area (Å²) in [6.45, 7) is 3.59. The van der Waals surface area contributed by atoms with Gasteiger partial charge in [-0.1, -0.05) is 30.3 Å². The van der Waals surface area contributed by atoms with E-state index in [0.29, 0.717) is 5.56 Å². The van der Waals surface area contributed by atoms with Crippen molar-refractivity contribution in [2.45, 2.75) is 19.4 Å². The summed E-state index contributed by atoms with van der Waals surface area (Å²) in [7, 11) is 0. The van der Waals surface area contributed by atoms with E-state index < -0.39 is 11.6 Å². The normalized spacial score (nSPS) is 22.3. The number of hydrogen-bond acceptors (Lipinski definition) is 4. The lowest BCUT2D eigenvalue weighted by molar-refractivity contribution is -0.146. The number of ketones is 1. The molecule has 1 unspecified atom stereocenters. The van der Waals surface area contributed by atoms with Gasteiger partial charge in [-0.25, -0.2) is 4.79 Å². The Morgan fingerprint density at radius 2 is 2.00 bits per heavy atom. The van der Waals surface area contributed by atoms with Crippen molar-refractivity contribution in [1.82, 2.24) is 0 Å². The summed E-state index contributed by atoms with van der Waals surface area (Å²) in [6, 6.07) is 9.07. The fourth-order valence-corrected chi connectivity index (χ4v) is 1.82. The molecule has 0 bridgehead atoms. The second-order valence-electron chi connectivity index (χ2n) is 4.09. The van der Waals surface area contributed by atoms with Gasteiger partial charge in [0.25, 0.3) is 0 Å². The van der Waals surface area contributed by atoms with E-state index in [1.165, 1.54) is 6.08 Å². The molecule has 0 N–H and O–H groups in total. The van der Waals surface area contributed by atoms with E-state index in [-0.39, 0.29) is 18.1 Å². The first-order valence-electron chi connectivity index (χ1n) is 5.75. The number of benzene rings is 1. The molecule has 0 saturated heterocycles. The summed E-state index contributed by atoms with van der Waals surface area (Å²) in [5.41, 5.74) is -0.422. The van der Waals surface area contributed by atoms with Crippen LogP contribution >= 0.6 is 0 Å².